The summed E-state index contributed by atoms with van der Waals surface area (Å²) in [5.74, 6) is -1.05. The fourth-order valence-electron chi connectivity index (χ4n) is 0.930. The van der Waals surface area contributed by atoms with E-state index in [4.69, 9.17) is 16.7 Å². The van der Waals surface area contributed by atoms with Crippen LogP contribution in [-0.2, 0) is 0 Å². The normalized spacial score (nSPS) is 9.92. The van der Waals surface area contributed by atoms with Gasteiger partial charge in [-0.3, -0.25) is 0 Å². The van der Waals surface area contributed by atoms with Crippen molar-refractivity contribution in [2.75, 3.05) is 0 Å². The van der Waals surface area contributed by atoms with Crippen LogP contribution >= 0.6 is 11.6 Å². The molecule has 0 aliphatic heterocycles. The number of aromatic nitrogens is 1. The van der Waals surface area contributed by atoms with Crippen molar-refractivity contribution in [3.63, 3.8) is 0 Å². The molecule has 1 aromatic rings. The molecule has 1 aromatic heterocycles. The highest BCUT2D eigenvalue weighted by Crippen LogP contribution is 2.20. The molecule has 0 unspecified atom stereocenters. The Labute approximate surface area is 75.0 Å². The molecule has 0 spiro atoms. The van der Waals surface area contributed by atoms with Crippen molar-refractivity contribution in [2.24, 2.45) is 0 Å². The molecule has 0 fully saturated rings. The third kappa shape index (κ3) is 1.41. The topological polar surface area (TPSA) is 50.2 Å². The Morgan fingerprint density at radius 3 is 2.67 bits per heavy atom. The molecule has 3 nitrogen and oxygen atoms in total. The molecule has 4 heteroatoms. The van der Waals surface area contributed by atoms with Gasteiger partial charge in [0.25, 0.3) is 0 Å². The lowest BCUT2D eigenvalue weighted by Gasteiger charge is -2.03. The number of nitrogens with zero attached hydrogens (tertiary/aromatic N) is 1. The molecule has 0 aliphatic carbocycles. The van der Waals surface area contributed by atoms with Crippen LogP contribution < -0.4 is 0 Å². The first-order chi connectivity index (χ1) is 5.54. The van der Waals surface area contributed by atoms with Crippen LogP contribution in [0, 0.1) is 13.8 Å². The van der Waals surface area contributed by atoms with Crippen molar-refractivity contribution < 1.29 is 9.90 Å². The van der Waals surface area contributed by atoms with E-state index in [0.717, 1.165) is 5.56 Å². The fourth-order valence-corrected chi connectivity index (χ4v) is 1.07. The maximum Gasteiger partial charge on any atom is 0.354 e. The van der Waals surface area contributed by atoms with Crippen LogP contribution in [0.25, 0.3) is 0 Å². The number of carboxylic acids is 1. The molecule has 1 N–H and O–H groups in total. The Hall–Kier alpha value is -1.09. The summed E-state index contributed by atoms with van der Waals surface area (Å²) in [7, 11) is 0. The van der Waals surface area contributed by atoms with Gasteiger partial charge < -0.3 is 5.11 Å². The maximum atomic E-state index is 10.6. The fraction of sp³-hybridized carbons (Fsp3) is 0.250. The minimum absolute atomic E-state index is 0.0191. The van der Waals surface area contributed by atoms with Gasteiger partial charge in [0, 0.05) is 11.8 Å². The smallest absolute Gasteiger partial charge is 0.354 e. The van der Waals surface area contributed by atoms with Crippen LogP contribution in [0.15, 0.2) is 6.20 Å². The van der Waals surface area contributed by atoms with Gasteiger partial charge in [-0.25, -0.2) is 9.78 Å². The van der Waals surface area contributed by atoms with Crippen LogP contribution in [0.3, 0.4) is 0 Å². The Morgan fingerprint density at radius 1 is 1.58 bits per heavy atom. The molecule has 12 heavy (non-hydrogen) atoms. The summed E-state index contributed by atoms with van der Waals surface area (Å²) in [6.07, 6.45) is 1.46. The molecule has 0 bridgehead atoms. The number of aryl methyl sites for hydroxylation is 1. The van der Waals surface area contributed by atoms with Crippen molar-refractivity contribution in [1.29, 1.82) is 0 Å². The minimum Gasteiger partial charge on any atom is -0.477 e. The Bertz CT molecular complexity index is 336. The first-order valence-electron chi connectivity index (χ1n) is 3.39. The van der Waals surface area contributed by atoms with Crippen molar-refractivity contribution in [3.8, 4) is 0 Å². The number of pyridine rings is 1. The molecule has 0 saturated carbocycles. The van der Waals surface area contributed by atoms with E-state index in [1.54, 1.807) is 13.8 Å². The van der Waals surface area contributed by atoms with Gasteiger partial charge in [-0.2, -0.15) is 0 Å². The highest BCUT2D eigenvalue weighted by Gasteiger charge is 2.12. The summed E-state index contributed by atoms with van der Waals surface area (Å²) in [6.45, 7) is 3.43. The molecule has 0 atom stereocenters. The van der Waals surface area contributed by atoms with Crippen molar-refractivity contribution in [3.05, 3.63) is 28.0 Å². The minimum atomic E-state index is -1.05. The van der Waals surface area contributed by atoms with E-state index < -0.39 is 5.97 Å². The zero-order valence-corrected chi connectivity index (χ0v) is 7.51. The van der Waals surface area contributed by atoms with Crippen molar-refractivity contribution in [1.82, 2.24) is 4.98 Å². The third-order valence-electron chi connectivity index (χ3n) is 1.62. The van der Waals surface area contributed by atoms with Gasteiger partial charge in [0.05, 0.1) is 5.02 Å². The summed E-state index contributed by atoms with van der Waals surface area (Å²) in [4.78, 5) is 14.3. The second-order valence-corrected chi connectivity index (χ2v) is 2.91. The number of carbonyl (C=O) groups is 1. The lowest BCUT2D eigenvalue weighted by atomic mass is 10.1. The molecule has 1 rings (SSSR count). The Morgan fingerprint density at radius 2 is 2.17 bits per heavy atom. The van der Waals surface area contributed by atoms with Gasteiger partial charge in [0.15, 0.2) is 5.69 Å². The predicted octanol–water partition coefficient (Wildman–Crippen LogP) is 2.05. The molecule has 0 aliphatic rings. The van der Waals surface area contributed by atoms with Crippen LogP contribution in [0.1, 0.15) is 21.6 Å². The van der Waals surface area contributed by atoms with Gasteiger partial charge in [-0.1, -0.05) is 11.6 Å². The van der Waals surface area contributed by atoms with Crippen LogP contribution in [0.2, 0.25) is 5.02 Å². The summed E-state index contributed by atoms with van der Waals surface area (Å²) in [5.41, 5.74) is 1.33. The molecule has 0 radical (unpaired) electrons. The van der Waals surface area contributed by atoms with E-state index in [9.17, 15) is 4.79 Å². The molecular weight excluding hydrogens is 178 g/mol. The van der Waals surface area contributed by atoms with Gasteiger partial charge in [-0.15, -0.1) is 0 Å². The average molecular weight is 186 g/mol. The van der Waals surface area contributed by atoms with Gasteiger partial charge in [-0.05, 0) is 19.4 Å². The summed E-state index contributed by atoms with van der Waals surface area (Å²) in [6, 6.07) is 0. The quantitative estimate of drug-likeness (QED) is 0.729. The lowest BCUT2D eigenvalue weighted by Crippen LogP contribution is -2.04. The van der Waals surface area contributed by atoms with Crippen molar-refractivity contribution in [2.45, 2.75) is 13.8 Å². The number of hydrogen-bond donors (Lipinski definition) is 1. The number of rotatable bonds is 1. The van der Waals surface area contributed by atoms with E-state index in [0.29, 0.717) is 10.6 Å². The summed E-state index contributed by atoms with van der Waals surface area (Å²) < 4.78 is 0. The first-order valence-corrected chi connectivity index (χ1v) is 3.77. The SMILES string of the molecule is Cc1cnc(C(=O)O)c(C)c1Cl. The molecule has 1 heterocycles. The first kappa shape index (κ1) is 9.00. The second-order valence-electron chi connectivity index (χ2n) is 2.53. The van der Waals surface area contributed by atoms with Crippen LogP contribution in [0.4, 0.5) is 0 Å². The van der Waals surface area contributed by atoms with E-state index >= 15 is 0 Å². The Balaban J connectivity index is 3.36. The van der Waals surface area contributed by atoms with Crippen molar-refractivity contribution >= 4 is 17.6 Å². The molecule has 0 saturated heterocycles. The molecular formula is C8H8ClNO2. The summed E-state index contributed by atoms with van der Waals surface area (Å²) in [5, 5.41) is 9.13. The van der Waals surface area contributed by atoms with E-state index in [1.165, 1.54) is 6.20 Å². The highest BCUT2D eigenvalue weighted by atomic mass is 35.5. The van der Waals surface area contributed by atoms with Crippen LogP contribution in [-0.4, -0.2) is 16.1 Å². The largest absolute Gasteiger partial charge is 0.477 e. The van der Waals surface area contributed by atoms with E-state index in [1.807, 2.05) is 0 Å². The third-order valence-corrected chi connectivity index (χ3v) is 2.20. The predicted molar refractivity (Wildman–Crippen MR) is 45.7 cm³/mol. The zero-order chi connectivity index (χ0) is 9.30. The number of halogens is 1. The van der Waals surface area contributed by atoms with Gasteiger partial charge in [0.1, 0.15) is 0 Å². The zero-order valence-electron chi connectivity index (χ0n) is 6.76. The number of carboxylic acid groups (broad SMARTS) is 1. The van der Waals surface area contributed by atoms with Crippen LogP contribution in [0.5, 0.6) is 0 Å². The standard InChI is InChI=1S/C8H8ClNO2/c1-4-3-10-7(8(11)12)5(2)6(4)9/h3H,1-2H3,(H,11,12). The molecule has 0 amide bonds. The van der Waals surface area contributed by atoms with E-state index in [-0.39, 0.29) is 5.69 Å². The lowest BCUT2D eigenvalue weighted by molar-refractivity contribution is 0.0689. The second kappa shape index (κ2) is 3.11. The monoisotopic (exact) mass is 185 g/mol. The molecule has 0 aromatic carbocycles. The number of hydrogen-bond acceptors (Lipinski definition) is 2. The molecule has 64 valence electrons. The van der Waals surface area contributed by atoms with Gasteiger partial charge >= 0.3 is 5.97 Å². The summed E-state index contributed by atoms with van der Waals surface area (Å²) >= 11 is 5.82. The van der Waals surface area contributed by atoms with E-state index in [2.05, 4.69) is 4.98 Å². The Kier molecular flexibility index (Phi) is 2.33. The highest BCUT2D eigenvalue weighted by molar-refractivity contribution is 6.32. The maximum absolute atomic E-state index is 10.6. The van der Waals surface area contributed by atoms with Gasteiger partial charge in [0.2, 0.25) is 0 Å². The average Bonchev–Trinajstić information content (AvgIpc) is 2.00. The number of aromatic carboxylic acids is 1.